The largest absolute Gasteiger partial charge is 0.494 e. The SMILES string of the molecule is COc1cccc(OC)c1-n1c(NS(=O)(=O)[C@@H](C)[C@H](C)c2ncc(C)cn2)nnc1[C@@H]1CCCOC1. The molecule has 1 aliphatic heterocycles. The first-order valence-electron chi connectivity index (χ1n) is 11.8. The van der Waals surface area contributed by atoms with Gasteiger partial charge in [-0.3, -0.25) is 9.29 Å². The highest BCUT2D eigenvalue weighted by Gasteiger charge is 2.33. The Bertz CT molecular complexity index is 1270. The van der Waals surface area contributed by atoms with Crippen molar-refractivity contribution in [2.75, 3.05) is 32.2 Å². The van der Waals surface area contributed by atoms with Crippen LogP contribution >= 0.6 is 0 Å². The van der Waals surface area contributed by atoms with Crippen molar-refractivity contribution in [1.29, 1.82) is 0 Å². The maximum Gasteiger partial charge on any atom is 0.243 e. The maximum absolute atomic E-state index is 13.5. The summed E-state index contributed by atoms with van der Waals surface area (Å²) in [4.78, 5) is 8.62. The first kappa shape index (κ1) is 25.8. The fourth-order valence-electron chi connectivity index (χ4n) is 4.18. The number of para-hydroxylation sites is 1. The smallest absolute Gasteiger partial charge is 0.243 e. The third-order valence-electron chi connectivity index (χ3n) is 6.47. The van der Waals surface area contributed by atoms with Crippen molar-refractivity contribution in [3.05, 3.63) is 47.8 Å². The average Bonchev–Trinajstić information content (AvgIpc) is 3.30. The highest BCUT2D eigenvalue weighted by Crippen LogP contribution is 2.38. The summed E-state index contributed by atoms with van der Waals surface area (Å²) in [5.41, 5.74) is 1.41. The van der Waals surface area contributed by atoms with Crippen molar-refractivity contribution in [3.8, 4) is 17.2 Å². The number of sulfonamides is 1. The molecule has 3 aromatic rings. The molecule has 0 unspecified atom stereocenters. The Morgan fingerprint density at radius 3 is 2.36 bits per heavy atom. The van der Waals surface area contributed by atoms with E-state index >= 15 is 0 Å². The first-order valence-corrected chi connectivity index (χ1v) is 13.4. The van der Waals surface area contributed by atoms with Crippen LogP contribution in [0.3, 0.4) is 0 Å². The number of aryl methyl sites for hydroxylation is 1. The summed E-state index contributed by atoms with van der Waals surface area (Å²) in [6.45, 7) is 6.42. The molecule has 194 valence electrons. The fraction of sp³-hybridized carbons (Fsp3) is 0.500. The van der Waals surface area contributed by atoms with Gasteiger partial charge in [0.1, 0.15) is 28.8 Å². The molecule has 1 aliphatic rings. The highest BCUT2D eigenvalue weighted by molar-refractivity contribution is 7.93. The van der Waals surface area contributed by atoms with E-state index in [9.17, 15) is 8.42 Å². The van der Waals surface area contributed by atoms with Gasteiger partial charge in [0.05, 0.1) is 26.1 Å². The summed E-state index contributed by atoms with van der Waals surface area (Å²) in [6, 6.07) is 5.34. The second-order valence-corrected chi connectivity index (χ2v) is 10.9. The average molecular weight is 517 g/mol. The topological polar surface area (TPSA) is 130 Å². The zero-order valence-electron chi connectivity index (χ0n) is 21.1. The number of nitrogens with zero attached hydrogens (tertiary/aromatic N) is 5. The van der Waals surface area contributed by atoms with Gasteiger partial charge >= 0.3 is 0 Å². The van der Waals surface area contributed by atoms with Crippen LogP contribution in [-0.2, 0) is 14.8 Å². The molecule has 3 atom stereocenters. The number of methoxy groups -OCH3 is 2. The Morgan fingerprint density at radius 2 is 1.78 bits per heavy atom. The van der Waals surface area contributed by atoms with Crippen LogP contribution < -0.4 is 14.2 Å². The lowest BCUT2D eigenvalue weighted by Gasteiger charge is -2.24. The number of benzene rings is 1. The van der Waals surface area contributed by atoms with E-state index in [1.165, 1.54) is 0 Å². The van der Waals surface area contributed by atoms with Gasteiger partial charge in [0.15, 0.2) is 0 Å². The Morgan fingerprint density at radius 1 is 1.11 bits per heavy atom. The van der Waals surface area contributed by atoms with E-state index in [-0.39, 0.29) is 11.9 Å². The predicted octanol–water partition coefficient (Wildman–Crippen LogP) is 3.21. The van der Waals surface area contributed by atoms with Gasteiger partial charge in [-0.15, -0.1) is 10.2 Å². The molecule has 0 amide bonds. The van der Waals surface area contributed by atoms with Crippen molar-refractivity contribution in [2.24, 2.45) is 0 Å². The molecule has 0 aliphatic carbocycles. The van der Waals surface area contributed by atoms with Crippen molar-refractivity contribution in [3.63, 3.8) is 0 Å². The Labute approximate surface area is 211 Å². The molecule has 1 saturated heterocycles. The summed E-state index contributed by atoms with van der Waals surface area (Å²) < 4.78 is 48.3. The van der Waals surface area contributed by atoms with Crippen LogP contribution in [0, 0.1) is 6.92 Å². The van der Waals surface area contributed by atoms with E-state index in [4.69, 9.17) is 14.2 Å². The van der Waals surface area contributed by atoms with Gasteiger partial charge < -0.3 is 14.2 Å². The van der Waals surface area contributed by atoms with Crippen LogP contribution in [0.4, 0.5) is 5.95 Å². The van der Waals surface area contributed by atoms with E-state index in [1.807, 2.05) is 6.92 Å². The standard InChI is InChI=1S/C24H32N6O5S/c1-15-12-25-22(26-13-15)16(2)17(3)36(31,32)29-24-28-27-23(18-8-7-11-35-14-18)30(24)21-19(33-4)9-6-10-20(21)34-5/h6,9-10,12-13,16-18H,7-8,11,14H2,1-5H3,(H,28,29)/t16-,17-,18+/m0/s1. The lowest BCUT2D eigenvalue weighted by molar-refractivity contribution is 0.0775. The third kappa shape index (κ3) is 5.14. The maximum atomic E-state index is 13.5. The molecule has 1 fully saturated rings. The van der Waals surface area contributed by atoms with Gasteiger partial charge in [-0.25, -0.2) is 18.4 Å². The van der Waals surface area contributed by atoms with Crippen LogP contribution in [0.25, 0.3) is 5.69 Å². The lowest BCUT2D eigenvalue weighted by Crippen LogP contribution is -2.31. The number of rotatable bonds is 9. The molecule has 1 N–H and O–H groups in total. The number of aromatic nitrogens is 5. The molecule has 12 heteroatoms. The normalized spacial score (nSPS) is 17.9. The van der Waals surface area contributed by atoms with Crippen molar-refractivity contribution >= 4 is 16.0 Å². The Kier molecular flexibility index (Phi) is 7.74. The molecular weight excluding hydrogens is 484 g/mol. The summed E-state index contributed by atoms with van der Waals surface area (Å²) in [5.74, 6) is 1.50. The number of hydrogen-bond acceptors (Lipinski definition) is 9. The number of hydrogen-bond donors (Lipinski definition) is 1. The van der Waals surface area contributed by atoms with Gasteiger partial charge in [-0.1, -0.05) is 13.0 Å². The molecule has 0 saturated carbocycles. The summed E-state index contributed by atoms with van der Waals surface area (Å²) >= 11 is 0. The third-order valence-corrected chi connectivity index (χ3v) is 8.33. The van der Waals surface area contributed by atoms with Gasteiger partial charge in [-0.2, -0.15) is 0 Å². The molecule has 11 nitrogen and oxygen atoms in total. The first-order chi connectivity index (χ1) is 17.3. The Balaban J connectivity index is 1.77. The zero-order chi connectivity index (χ0) is 25.9. The molecule has 4 rings (SSSR count). The van der Waals surface area contributed by atoms with Crippen LogP contribution in [0.15, 0.2) is 30.6 Å². The molecule has 2 aromatic heterocycles. The fourth-order valence-corrected chi connectivity index (χ4v) is 5.41. The number of ether oxygens (including phenoxy) is 3. The van der Waals surface area contributed by atoms with E-state index < -0.39 is 21.2 Å². The van der Waals surface area contributed by atoms with Gasteiger partial charge in [0, 0.05) is 30.8 Å². The molecular formula is C24H32N6O5S. The molecule has 0 spiro atoms. The summed E-state index contributed by atoms with van der Waals surface area (Å²) in [6.07, 6.45) is 5.05. The van der Waals surface area contributed by atoms with Crippen molar-refractivity contribution in [2.45, 2.75) is 50.7 Å². The minimum Gasteiger partial charge on any atom is -0.494 e. The highest BCUT2D eigenvalue weighted by atomic mass is 32.2. The minimum atomic E-state index is -3.92. The lowest BCUT2D eigenvalue weighted by atomic mass is 10.0. The van der Waals surface area contributed by atoms with E-state index in [2.05, 4.69) is 24.9 Å². The van der Waals surface area contributed by atoms with E-state index in [0.717, 1.165) is 18.4 Å². The zero-order valence-corrected chi connectivity index (χ0v) is 21.9. The molecule has 36 heavy (non-hydrogen) atoms. The van der Waals surface area contributed by atoms with E-state index in [0.29, 0.717) is 42.0 Å². The van der Waals surface area contributed by atoms with Crippen molar-refractivity contribution in [1.82, 2.24) is 24.7 Å². The Hall–Kier alpha value is -3.25. The van der Waals surface area contributed by atoms with Crippen LogP contribution in [0.2, 0.25) is 0 Å². The minimum absolute atomic E-state index is 0.0437. The second kappa shape index (κ2) is 10.8. The summed E-state index contributed by atoms with van der Waals surface area (Å²) in [5, 5.41) is 7.79. The van der Waals surface area contributed by atoms with Crippen LogP contribution in [-0.4, -0.2) is 65.8 Å². The molecule has 0 radical (unpaired) electrons. The number of nitrogens with one attached hydrogen (secondary N) is 1. The molecule has 1 aromatic carbocycles. The predicted molar refractivity (Wildman–Crippen MR) is 134 cm³/mol. The monoisotopic (exact) mass is 516 g/mol. The second-order valence-electron chi connectivity index (χ2n) is 8.90. The van der Waals surface area contributed by atoms with E-state index in [1.54, 1.807) is 63.2 Å². The van der Waals surface area contributed by atoms with Crippen LogP contribution in [0.5, 0.6) is 11.5 Å². The summed E-state index contributed by atoms with van der Waals surface area (Å²) in [7, 11) is -0.838. The molecule has 3 heterocycles. The van der Waals surface area contributed by atoms with Gasteiger partial charge in [0.2, 0.25) is 16.0 Å². The molecule has 0 bridgehead atoms. The van der Waals surface area contributed by atoms with Gasteiger partial charge in [0.25, 0.3) is 0 Å². The number of anilines is 1. The van der Waals surface area contributed by atoms with Crippen LogP contribution in [0.1, 0.15) is 55.7 Å². The quantitative estimate of drug-likeness (QED) is 0.455. The van der Waals surface area contributed by atoms with Crippen molar-refractivity contribution < 1.29 is 22.6 Å². The van der Waals surface area contributed by atoms with Gasteiger partial charge in [-0.05, 0) is 44.4 Å².